The molecule has 19 heavy (non-hydrogen) atoms. The Hall–Kier alpha value is -1.49. The topological polar surface area (TPSA) is 32.3 Å². The largest absolute Gasteiger partial charge is 0.320 e. The van der Waals surface area contributed by atoms with Crippen LogP contribution in [-0.4, -0.2) is 30.4 Å². The predicted molar refractivity (Wildman–Crippen MR) is 69.9 cm³/mol. The molecular weight excluding hydrogens is 250 g/mol. The van der Waals surface area contributed by atoms with E-state index in [0.717, 1.165) is 38.1 Å². The lowest BCUT2D eigenvalue weighted by molar-refractivity contribution is -0.117. The number of rotatable bonds is 3. The molecule has 1 aromatic rings. The molecule has 0 spiro atoms. The number of amides is 1. The Kier molecular flexibility index (Phi) is 4.85. The first-order valence-corrected chi connectivity index (χ1v) is 6.63. The van der Waals surface area contributed by atoms with Crippen LogP contribution in [0.15, 0.2) is 18.2 Å². The number of para-hydroxylation sites is 1. The molecule has 1 aliphatic heterocycles. The molecule has 1 aliphatic rings. The van der Waals surface area contributed by atoms with E-state index in [1.165, 1.54) is 18.9 Å². The van der Waals surface area contributed by atoms with Gasteiger partial charge < -0.3 is 5.32 Å². The summed E-state index contributed by atoms with van der Waals surface area (Å²) in [5, 5.41) is 2.32. The number of carbonyl (C=O) groups excluding carboxylic acids is 1. The summed E-state index contributed by atoms with van der Waals surface area (Å²) in [4.78, 5) is 13.8. The number of halogens is 2. The van der Waals surface area contributed by atoms with Crippen molar-refractivity contribution >= 4 is 11.6 Å². The lowest BCUT2D eigenvalue weighted by Gasteiger charge is -2.19. The van der Waals surface area contributed by atoms with E-state index in [-0.39, 0.29) is 18.1 Å². The van der Waals surface area contributed by atoms with Crippen molar-refractivity contribution < 1.29 is 13.6 Å². The first kappa shape index (κ1) is 13.9. The Morgan fingerprint density at radius 1 is 1.11 bits per heavy atom. The number of benzene rings is 1. The van der Waals surface area contributed by atoms with Crippen LogP contribution in [0.5, 0.6) is 0 Å². The van der Waals surface area contributed by atoms with E-state index in [4.69, 9.17) is 0 Å². The van der Waals surface area contributed by atoms with Crippen molar-refractivity contribution in [1.82, 2.24) is 4.90 Å². The third-order valence-electron chi connectivity index (χ3n) is 3.29. The van der Waals surface area contributed by atoms with Gasteiger partial charge in [-0.25, -0.2) is 8.78 Å². The monoisotopic (exact) mass is 268 g/mol. The molecule has 1 N–H and O–H groups in total. The van der Waals surface area contributed by atoms with Crippen LogP contribution in [0.3, 0.4) is 0 Å². The van der Waals surface area contributed by atoms with Gasteiger partial charge in [-0.2, -0.15) is 0 Å². The smallest absolute Gasteiger partial charge is 0.238 e. The number of nitrogens with zero attached hydrogens (tertiary/aromatic N) is 1. The van der Waals surface area contributed by atoms with Gasteiger partial charge in [0.05, 0.1) is 6.54 Å². The van der Waals surface area contributed by atoms with E-state index in [1.807, 2.05) is 4.90 Å². The molecule has 1 fully saturated rings. The van der Waals surface area contributed by atoms with Gasteiger partial charge in [0, 0.05) is 0 Å². The van der Waals surface area contributed by atoms with Gasteiger partial charge >= 0.3 is 0 Å². The molecule has 1 heterocycles. The van der Waals surface area contributed by atoms with Gasteiger partial charge in [-0.3, -0.25) is 9.69 Å². The second-order valence-corrected chi connectivity index (χ2v) is 4.84. The lowest BCUT2D eigenvalue weighted by Crippen LogP contribution is -2.34. The molecule has 0 aromatic heterocycles. The fraction of sp³-hybridized carbons (Fsp3) is 0.500. The van der Waals surface area contributed by atoms with E-state index in [2.05, 4.69) is 5.32 Å². The standard InChI is InChI=1S/C14H18F2N2O/c15-11-6-5-7-12(16)14(11)17-13(19)10-18-8-3-1-2-4-9-18/h5-7H,1-4,8-10H2,(H,17,19). The minimum absolute atomic E-state index is 0.188. The SMILES string of the molecule is O=C(CN1CCCCCC1)Nc1c(F)cccc1F. The van der Waals surface area contributed by atoms with Crippen molar-refractivity contribution in [3.05, 3.63) is 29.8 Å². The highest BCUT2D eigenvalue weighted by Gasteiger charge is 2.16. The van der Waals surface area contributed by atoms with Crippen molar-refractivity contribution in [3.8, 4) is 0 Å². The van der Waals surface area contributed by atoms with Crippen LogP contribution in [-0.2, 0) is 4.79 Å². The van der Waals surface area contributed by atoms with Gasteiger partial charge in [-0.05, 0) is 38.1 Å². The fourth-order valence-electron chi connectivity index (χ4n) is 2.29. The van der Waals surface area contributed by atoms with Crippen LogP contribution >= 0.6 is 0 Å². The maximum Gasteiger partial charge on any atom is 0.238 e. The number of hydrogen-bond donors (Lipinski definition) is 1. The van der Waals surface area contributed by atoms with Crippen molar-refractivity contribution in [3.63, 3.8) is 0 Å². The Balaban J connectivity index is 1.93. The summed E-state index contributed by atoms with van der Waals surface area (Å²) in [7, 11) is 0. The van der Waals surface area contributed by atoms with Crippen LogP contribution in [0.4, 0.5) is 14.5 Å². The first-order valence-electron chi connectivity index (χ1n) is 6.63. The molecule has 5 heteroatoms. The molecule has 2 rings (SSSR count). The predicted octanol–water partition coefficient (Wildman–Crippen LogP) is 2.78. The highest BCUT2D eigenvalue weighted by atomic mass is 19.1. The zero-order valence-electron chi connectivity index (χ0n) is 10.8. The summed E-state index contributed by atoms with van der Waals surface area (Å²) in [6, 6.07) is 3.53. The van der Waals surface area contributed by atoms with E-state index < -0.39 is 11.6 Å². The van der Waals surface area contributed by atoms with Crippen LogP contribution < -0.4 is 5.32 Å². The minimum atomic E-state index is -0.746. The van der Waals surface area contributed by atoms with Crippen LogP contribution in [0, 0.1) is 11.6 Å². The summed E-state index contributed by atoms with van der Waals surface area (Å²) in [5.41, 5.74) is -0.359. The number of likely N-dealkylation sites (tertiary alicyclic amines) is 1. The van der Waals surface area contributed by atoms with E-state index in [0.29, 0.717) is 0 Å². The molecule has 104 valence electrons. The molecule has 1 amide bonds. The third-order valence-corrected chi connectivity index (χ3v) is 3.29. The molecule has 0 bridgehead atoms. The quantitative estimate of drug-likeness (QED) is 0.914. The zero-order chi connectivity index (χ0) is 13.7. The summed E-state index contributed by atoms with van der Waals surface area (Å²) in [6.07, 6.45) is 4.50. The normalized spacial score (nSPS) is 16.9. The van der Waals surface area contributed by atoms with Crippen molar-refractivity contribution in [2.75, 3.05) is 25.0 Å². The molecule has 0 unspecified atom stereocenters. The molecule has 0 saturated carbocycles. The van der Waals surface area contributed by atoms with Gasteiger partial charge in [0.1, 0.15) is 17.3 Å². The van der Waals surface area contributed by atoms with Gasteiger partial charge in [0.25, 0.3) is 0 Å². The summed E-state index contributed by atoms with van der Waals surface area (Å²) < 4.78 is 26.8. The lowest BCUT2D eigenvalue weighted by atomic mass is 10.2. The van der Waals surface area contributed by atoms with Crippen molar-refractivity contribution in [2.45, 2.75) is 25.7 Å². The number of anilines is 1. The fourth-order valence-corrected chi connectivity index (χ4v) is 2.29. The van der Waals surface area contributed by atoms with Crippen LogP contribution in [0.2, 0.25) is 0 Å². The Bertz CT molecular complexity index is 423. The van der Waals surface area contributed by atoms with E-state index >= 15 is 0 Å². The molecule has 0 atom stereocenters. The molecule has 0 radical (unpaired) electrons. The number of hydrogen-bond acceptors (Lipinski definition) is 2. The van der Waals surface area contributed by atoms with Crippen LogP contribution in [0.25, 0.3) is 0 Å². The number of nitrogens with one attached hydrogen (secondary N) is 1. The second-order valence-electron chi connectivity index (χ2n) is 4.84. The molecule has 1 aromatic carbocycles. The molecule has 1 saturated heterocycles. The van der Waals surface area contributed by atoms with Gasteiger partial charge in [-0.1, -0.05) is 18.9 Å². The Morgan fingerprint density at radius 3 is 2.26 bits per heavy atom. The zero-order valence-corrected chi connectivity index (χ0v) is 10.8. The van der Waals surface area contributed by atoms with Gasteiger partial charge in [-0.15, -0.1) is 0 Å². The molecule has 3 nitrogen and oxygen atoms in total. The Morgan fingerprint density at radius 2 is 1.68 bits per heavy atom. The first-order chi connectivity index (χ1) is 9.16. The van der Waals surface area contributed by atoms with E-state index in [9.17, 15) is 13.6 Å². The molecular formula is C14H18F2N2O. The second kappa shape index (κ2) is 6.61. The van der Waals surface area contributed by atoms with E-state index in [1.54, 1.807) is 0 Å². The maximum absolute atomic E-state index is 13.4. The maximum atomic E-state index is 13.4. The highest BCUT2D eigenvalue weighted by molar-refractivity contribution is 5.92. The Labute approximate surface area is 111 Å². The average molecular weight is 268 g/mol. The van der Waals surface area contributed by atoms with Gasteiger partial charge in [0.2, 0.25) is 5.91 Å². The summed E-state index contributed by atoms with van der Waals surface area (Å²) in [6.45, 7) is 1.92. The number of carbonyl (C=O) groups is 1. The minimum Gasteiger partial charge on any atom is -0.320 e. The van der Waals surface area contributed by atoms with Crippen molar-refractivity contribution in [2.24, 2.45) is 0 Å². The average Bonchev–Trinajstić information content (AvgIpc) is 2.63. The van der Waals surface area contributed by atoms with Crippen LogP contribution in [0.1, 0.15) is 25.7 Å². The summed E-state index contributed by atoms with van der Waals surface area (Å²) >= 11 is 0. The third kappa shape index (κ3) is 3.99. The van der Waals surface area contributed by atoms with Gasteiger partial charge in [0.15, 0.2) is 0 Å². The highest BCUT2D eigenvalue weighted by Crippen LogP contribution is 2.18. The summed E-state index contributed by atoms with van der Waals surface area (Å²) in [5.74, 6) is -1.86. The molecule has 0 aliphatic carbocycles. The van der Waals surface area contributed by atoms with Crippen molar-refractivity contribution in [1.29, 1.82) is 0 Å².